The van der Waals surface area contributed by atoms with Crippen molar-refractivity contribution in [1.82, 2.24) is 25.8 Å². The Kier molecular flexibility index (Phi) is 16.6. The van der Waals surface area contributed by atoms with E-state index in [1.54, 1.807) is 45.0 Å². The Bertz CT molecular complexity index is 1210. The van der Waals surface area contributed by atoms with Crippen LogP contribution in [0.2, 0.25) is 0 Å². The zero-order chi connectivity index (χ0) is 37.2. The maximum absolute atomic E-state index is 13.8. The van der Waals surface area contributed by atoms with Crippen molar-refractivity contribution in [1.29, 1.82) is 0 Å². The molecule has 0 aromatic heterocycles. The van der Waals surface area contributed by atoms with E-state index in [1.165, 1.54) is 12.0 Å². The molecule has 1 aliphatic rings. The highest BCUT2D eigenvalue weighted by Gasteiger charge is 2.42. The van der Waals surface area contributed by atoms with E-state index in [-0.39, 0.29) is 47.8 Å². The monoisotopic (exact) mass is 689 g/mol. The molecule has 0 spiro atoms. The first kappa shape index (κ1) is 42.1. The van der Waals surface area contributed by atoms with Crippen LogP contribution in [0.15, 0.2) is 30.3 Å². The van der Waals surface area contributed by atoms with Crippen molar-refractivity contribution in [2.75, 3.05) is 27.7 Å². The Balaban J connectivity index is 2.15. The minimum atomic E-state index is -1.17. The standard InChI is InChI=1S/C37H63N5O7/c1-21(2)30(38-9)36(47)40-31(22(3)4)37(48)41(10)32(23(5)6)28(43)20-29(44)42-19-15-18-27(42)34(49-11)24(7)35(46)39-25(8)33(45)26-16-13-12-14-17-26/h12-14,16-17,21-25,27-28,30-34,38,43,45H,15,18-20H2,1-11H3,(H,39,46)(H,40,47)/t24-,25-,27+,28-,30+,31+,32+,33-,34-/m1/s1. The van der Waals surface area contributed by atoms with Gasteiger partial charge in [-0.15, -0.1) is 0 Å². The van der Waals surface area contributed by atoms with Crippen LogP contribution in [0.5, 0.6) is 0 Å². The third-order valence-electron chi connectivity index (χ3n) is 9.91. The van der Waals surface area contributed by atoms with E-state index in [0.29, 0.717) is 18.5 Å². The second-order valence-corrected chi connectivity index (χ2v) is 14.6. The van der Waals surface area contributed by atoms with Gasteiger partial charge in [-0.05, 0) is 50.1 Å². The van der Waals surface area contributed by atoms with Gasteiger partial charge in [0, 0.05) is 20.7 Å². The van der Waals surface area contributed by atoms with Gasteiger partial charge in [0.2, 0.25) is 23.6 Å². The Morgan fingerprint density at radius 3 is 2.00 bits per heavy atom. The van der Waals surface area contributed by atoms with Crippen LogP contribution in [0.4, 0.5) is 0 Å². The summed E-state index contributed by atoms with van der Waals surface area (Å²) in [5, 5.41) is 31.1. The molecule has 1 saturated heterocycles. The molecule has 0 bridgehead atoms. The zero-order valence-electron chi connectivity index (χ0n) is 31.5. The van der Waals surface area contributed by atoms with Crippen LogP contribution in [0, 0.1) is 23.7 Å². The molecule has 9 atom stereocenters. The maximum Gasteiger partial charge on any atom is 0.245 e. The lowest BCUT2D eigenvalue weighted by atomic mass is 9.91. The van der Waals surface area contributed by atoms with Crippen molar-refractivity contribution < 1.29 is 34.1 Å². The number of hydrogen-bond donors (Lipinski definition) is 5. The first-order chi connectivity index (χ1) is 23.0. The van der Waals surface area contributed by atoms with Crippen molar-refractivity contribution >= 4 is 23.6 Å². The van der Waals surface area contributed by atoms with Crippen molar-refractivity contribution in [3.05, 3.63) is 35.9 Å². The number of carbonyl (C=O) groups excluding carboxylic acids is 4. The van der Waals surface area contributed by atoms with Crippen LogP contribution in [-0.2, 0) is 23.9 Å². The van der Waals surface area contributed by atoms with Gasteiger partial charge in [-0.2, -0.15) is 0 Å². The lowest BCUT2D eigenvalue weighted by Crippen LogP contribution is -2.59. The Labute approximate surface area is 293 Å². The molecule has 1 heterocycles. The average molecular weight is 690 g/mol. The highest BCUT2D eigenvalue weighted by molar-refractivity contribution is 5.90. The van der Waals surface area contributed by atoms with Gasteiger partial charge in [-0.25, -0.2) is 0 Å². The number of aliphatic hydroxyl groups is 2. The summed E-state index contributed by atoms with van der Waals surface area (Å²) in [5.74, 6) is -2.21. The fourth-order valence-corrected chi connectivity index (χ4v) is 7.12. The molecule has 2 rings (SSSR count). The molecular formula is C37H63N5O7. The zero-order valence-corrected chi connectivity index (χ0v) is 31.5. The summed E-state index contributed by atoms with van der Waals surface area (Å²) >= 11 is 0. The quantitative estimate of drug-likeness (QED) is 0.157. The largest absolute Gasteiger partial charge is 0.390 e. The van der Waals surface area contributed by atoms with E-state index < -0.39 is 54.4 Å². The predicted octanol–water partition coefficient (Wildman–Crippen LogP) is 2.49. The summed E-state index contributed by atoms with van der Waals surface area (Å²) < 4.78 is 5.83. The Morgan fingerprint density at radius 2 is 1.49 bits per heavy atom. The van der Waals surface area contributed by atoms with Crippen molar-refractivity contribution in [2.45, 2.75) is 123 Å². The van der Waals surface area contributed by atoms with Crippen LogP contribution >= 0.6 is 0 Å². The van der Waals surface area contributed by atoms with Gasteiger partial charge >= 0.3 is 0 Å². The highest BCUT2D eigenvalue weighted by atomic mass is 16.5. The van der Waals surface area contributed by atoms with Gasteiger partial charge in [0.05, 0.1) is 54.8 Å². The molecule has 49 heavy (non-hydrogen) atoms. The summed E-state index contributed by atoms with van der Waals surface area (Å²) in [5.41, 5.74) is 0.697. The molecule has 0 saturated carbocycles. The smallest absolute Gasteiger partial charge is 0.245 e. The van der Waals surface area contributed by atoms with E-state index in [1.807, 2.05) is 59.7 Å². The third-order valence-corrected chi connectivity index (χ3v) is 9.91. The van der Waals surface area contributed by atoms with E-state index in [9.17, 15) is 29.4 Å². The fourth-order valence-electron chi connectivity index (χ4n) is 7.12. The van der Waals surface area contributed by atoms with Crippen LogP contribution in [-0.4, -0.2) is 114 Å². The number of rotatable bonds is 18. The molecule has 1 aromatic rings. The fraction of sp³-hybridized carbons (Fsp3) is 0.730. The summed E-state index contributed by atoms with van der Waals surface area (Å²) in [6, 6.07) is 6.20. The van der Waals surface area contributed by atoms with Gasteiger partial charge in [0.1, 0.15) is 6.04 Å². The second-order valence-electron chi connectivity index (χ2n) is 14.6. The van der Waals surface area contributed by atoms with E-state index in [4.69, 9.17) is 4.74 Å². The first-order valence-corrected chi connectivity index (χ1v) is 17.8. The normalized spacial score (nSPS) is 19.9. The molecule has 278 valence electrons. The summed E-state index contributed by atoms with van der Waals surface area (Å²) in [7, 11) is 4.83. The molecular weight excluding hydrogens is 626 g/mol. The Morgan fingerprint density at radius 1 is 0.898 bits per heavy atom. The first-order valence-electron chi connectivity index (χ1n) is 17.8. The summed E-state index contributed by atoms with van der Waals surface area (Å²) in [4.78, 5) is 57.2. The number of nitrogens with one attached hydrogen (secondary N) is 3. The number of likely N-dealkylation sites (tertiary alicyclic amines) is 1. The number of hydrogen-bond acceptors (Lipinski definition) is 8. The minimum Gasteiger partial charge on any atom is -0.390 e. The second kappa shape index (κ2) is 19.4. The number of benzene rings is 1. The lowest BCUT2D eigenvalue weighted by molar-refractivity contribution is -0.146. The van der Waals surface area contributed by atoms with E-state index in [2.05, 4.69) is 16.0 Å². The van der Waals surface area contributed by atoms with Crippen molar-refractivity contribution in [3.8, 4) is 0 Å². The number of methoxy groups -OCH3 is 1. The van der Waals surface area contributed by atoms with Gasteiger partial charge < -0.3 is 40.7 Å². The highest BCUT2D eigenvalue weighted by Crippen LogP contribution is 2.29. The Hall–Kier alpha value is -3.06. The van der Waals surface area contributed by atoms with Crippen molar-refractivity contribution in [3.63, 3.8) is 0 Å². The maximum atomic E-state index is 13.8. The molecule has 1 fully saturated rings. The van der Waals surface area contributed by atoms with Crippen LogP contribution in [0.3, 0.4) is 0 Å². The molecule has 5 N–H and O–H groups in total. The van der Waals surface area contributed by atoms with Gasteiger partial charge in [0.25, 0.3) is 0 Å². The molecule has 12 nitrogen and oxygen atoms in total. The SMILES string of the molecule is CN[C@H](C(=O)N[C@H](C(=O)N(C)[C@@H](C(C)C)[C@H](O)CC(=O)N1CCC[C@H]1[C@H](OC)[C@@H](C)C(=O)N[C@H](C)[C@@H](O)c1ccccc1)C(C)C)C(C)C. The number of likely N-dealkylation sites (N-methyl/N-ethyl adjacent to an activating group) is 2. The molecule has 0 unspecified atom stereocenters. The van der Waals surface area contributed by atoms with Crippen LogP contribution in [0.25, 0.3) is 0 Å². The average Bonchev–Trinajstić information content (AvgIpc) is 3.53. The van der Waals surface area contributed by atoms with Gasteiger partial charge in [-0.1, -0.05) is 78.8 Å². The molecule has 1 aliphatic heterocycles. The summed E-state index contributed by atoms with van der Waals surface area (Å²) in [6.07, 6.45) is -1.55. The molecule has 4 amide bonds. The number of amides is 4. The van der Waals surface area contributed by atoms with Gasteiger partial charge in [0.15, 0.2) is 0 Å². The predicted molar refractivity (Wildman–Crippen MR) is 190 cm³/mol. The lowest BCUT2D eigenvalue weighted by Gasteiger charge is -2.39. The van der Waals surface area contributed by atoms with Crippen LogP contribution < -0.4 is 16.0 Å². The number of aliphatic hydroxyl groups excluding tert-OH is 2. The molecule has 0 radical (unpaired) electrons. The number of carbonyl (C=O) groups is 4. The van der Waals surface area contributed by atoms with Crippen LogP contribution in [0.1, 0.15) is 86.3 Å². The minimum absolute atomic E-state index is 0.0162. The third kappa shape index (κ3) is 11.0. The topological polar surface area (TPSA) is 161 Å². The van der Waals surface area contributed by atoms with E-state index in [0.717, 1.165) is 6.42 Å². The van der Waals surface area contributed by atoms with Gasteiger partial charge in [-0.3, -0.25) is 19.2 Å². The number of nitrogens with zero attached hydrogens (tertiary/aromatic N) is 2. The summed E-state index contributed by atoms with van der Waals surface area (Å²) in [6.45, 7) is 15.3. The number of ether oxygens (including phenoxy) is 1. The molecule has 12 heteroatoms. The molecule has 0 aliphatic carbocycles. The van der Waals surface area contributed by atoms with Crippen molar-refractivity contribution in [2.24, 2.45) is 23.7 Å². The molecule has 1 aromatic carbocycles. The van der Waals surface area contributed by atoms with E-state index >= 15 is 0 Å².